The Kier molecular flexibility index (Phi) is 3.65. The van der Waals surface area contributed by atoms with E-state index in [4.69, 9.17) is 4.74 Å². The van der Waals surface area contributed by atoms with Gasteiger partial charge in [0.2, 0.25) is 0 Å². The van der Waals surface area contributed by atoms with Crippen molar-refractivity contribution >= 4 is 11.3 Å². The van der Waals surface area contributed by atoms with Gasteiger partial charge in [-0.25, -0.2) is 0 Å². The van der Waals surface area contributed by atoms with Gasteiger partial charge in [0.25, 0.3) is 0 Å². The van der Waals surface area contributed by atoms with E-state index < -0.39 is 0 Å². The second-order valence-corrected chi connectivity index (χ2v) is 5.07. The van der Waals surface area contributed by atoms with Crippen LogP contribution in [-0.2, 0) is 0 Å². The van der Waals surface area contributed by atoms with E-state index in [1.54, 1.807) is 7.11 Å². The van der Waals surface area contributed by atoms with E-state index in [-0.39, 0.29) is 0 Å². The molecule has 0 saturated carbocycles. The Morgan fingerprint density at radius 1 is 1.60 bits per heavy atom. The standard InChI is InChI=1S/C12H19NOS/c1-3-9-8-13-6-4-10(9)12-11(14-2)5-7-15-12/h5,7,9-10,13H,3-4,6,8H2,1-2H3. The van der Waals surface area contributed by atoms with Crippen molar-refractivity contribution in [2.45, 2.75) is 25.7 Å². The summed E-state index contributed by atoms with van der Waals surface area (Å²) in [6.45, 7) is 4.58. The maximum absolute atomic E-state index is 5.42. The van der Waals surface area contributed by atoms with E-state index in [2.05, 4.69) is 23.7 Å². The Bertz CT molecular complexity index is 310. The summed E-state index contributed by atoms with van der Waals surface area (Å²) in [4.78, 5) is 1.45. The smallest absolute Gasteiger partial charge is 0.133 e. The van der Waals surface area contributed by atoms with Gasteiger partial charge in [-0.15, -0.1) is 11.3 Å². The first-order valence-electron chi connectivity index (χ1n) is 5.69. The number of hydrogen-bond donors (Lipinski definition) is 1. The molecule has 1 aliphatic heterocycles. The van der Waals surface area contributed by atoms with Crippen LogP contribution in [0, 0.1) is 5.92 Å². The minimum Gasteiger partial charge on any atom is -0.496 e. The lowest BCUT2D eigenvalue weighted by Gasteiger charge is -2.31. The molecule has 1 aliphatic rings. The Balaban J connectivity index is 2.20. The van der Waals surface area contributed by atoms with Gasteiger partial charge in [0.1, 0.15) is 5.75 Å². The molecule has 2 atom stereocenters. The molecule has 0 bridgehead atoms. The monoisotopic (exact) mass is 225 g/mol. The third kappa shape index (κ3) is 2.18. The largest absolute Gasteiger partial charge is 0.496 e. The minimum absolute atomic E-state index is 0.700. The number of rotatable bonds is 3. The van der Waals surface area contributed by atoms with Crippen molar-refractivity contribution in [3.05, 3.63) is 16.3 Å². The summed E-state index contributed by atoms with van der Waals surface area (Å²) in [5.74, 6) is 2.56. The van der Waals surface area contributed by atoms with E-state index >= 15 is 0 Å². The van der Waals surface area contributed by atoms with Gasteiger partial charge in [-0.2, -0.15) is 0 Å². The summed E-state index contributed by atoms with van der Waals surface area (Å²) in [5.41, 5.74) is 0. The van der Waals surface area contributed by atoms with Crippen LogP contribution in [0.1, 0.15) is 30.6 Å². The fraction of sp³-hybridized carbons (Fsp3) is 0.667. The predicted molar refractivity (Wildman–Crippen MR) is 64.9 cm³/mol. The van der Waals surface area contributed by atoms with Gasteiger partial charge >= 0.3 is 0 Å². The third-order valence-electron chi connectivity index (χ3n) is 3.35. The summed E-state index contributed by atoms with van der Waals surface area (Å²) in [6.07, 6.45) is 2.49. The fourth-order valence-corrected chi connectivity index (χ4v) is 3.54. The maximum Gasteiger partial charge on any atom is 0.133 e. The number of hydrogen-bond acceptors (Lipinski definition) is 3. The molecule has 2 unspecified atom stereocenters. The van der Waals surface area contributed by atoms with Crippen LogP contribution >= 0.6 is 11.3 Å². The van der Waals surface area contributed by atoms with Crippen molar-refractivity contribution in [3.63, 3.8) is 0 Å². The van der Waals surface area contributed by atoms with Crippen LogP contribution in [0.5, 0.6) is 5.75 Å². The molecule has 0 aromatic carbocycles. The molecule has 1 aromatic heterocycles. The van der Waals surface area contributed by atoms with Crippen molar-refractivity contribution < 1.29 is 4.74 Å². The minimum atomic E-state index is 0.700. The van der Waals surface area contributed by atoms with Gasteiger partial charge in [-0.3, -0.25) is 0 Å². The number of ether oxygens (including phenoxy) is 1. The number of methoxy groups -OCH3 is 1. The van der Waals surface area contributed by atoms with E-state index in [0.717, 1.165) is 24.8 Å². The van der Waals surface area contributed by atoms with Gasteiger partial charge in [0, 0.05) is 10.8 Å². The van der Waals surface area contributed by atoms with E-state index in [0.29, 0.717) is 5.92 Å². The molecule has 1 fully saturated rings. The molecule has 0 radical (unpaired) electrons. The number of nitrogens with one attached hydrogen (secondary N) is 1. The van der Waals surface area contributed by atoms with Crippen LogP contribution in [-0.4, -0.2) is 20.2 Å². The van der Waals surface area contributed by atoms with Crippen LogP contribution in [0.2, 0.25) is 0 Å². The van der Waals surface area contributed by atoms with Crippen LogP contribution in [0.15, 0.2) is 11.4 Å². The summed E-state index contributed by atoms with van der Waals surface area (Å²) in [7, 11) is 1.77. The molecule has 15 heavy (non-hydrogen) atoms. The average Bonchev–Trinajstić information content (AvgIpc) is 2.76. The summed E-state index contributed by atoms with van der Waals surface area (Å²) < 4.78 is 5.42. The Morgan fingerprint density at radius 2 is 2.47 bits per heavy atom. The van der Waals surface area contributed by atoms with E-state index in [9.17, 15) is 0 Å². The number of piperidine rings is 1. The lowest BCUT2D eigenvalue weighted by molar-refractivity contribution is 0.312. The van der Waals surface area contributed by atoms with Crippen molar-refractivity contribution in [1.29, 1.82) is 0 Å². The first-order chi connectivity index (χ1) is 7.36. The molecule has 1 aromatic rings. The summed E-state index contributed by atoms with van der Waals surface area (Å²) >= 11 is 1.85. The van der Waals surface area contributed by atoms with Crippen LogP contribution < -0.4 is 10.1 Å². The molecule has 2 rings (SSSR count). The van der Waals surface area contributed by atoms with Crippen LogP contribution in [0.3, 0.4) is 0 Å². The highest BCUT2D eigenvalue weighted by atomic mass is 32.1. The van der Waals surface area contributed by atoms with Crippen molar-refractivity contribution in [2.24, 2.45) is 5.92 Å². The molecule has 0 spiro atoms. The van der Waals surface area contributed by atoms with Crippen molar-refractivity contribution in [1.82, 2.24) is 5.32 Å². The summed E-state index contributed by atoms with van der Waals surface area (Å²) in [5, 5.41) is 5.62. The normalized spacial score (nSPS) is 26.5. The molecular formula is C12H19NOS. The zero-order valence-electron chi connectivity index (χ0n) is 9.45. The zero-order chi connectivity index (χ0) is 10.7. The highest BCUT2D eigenvalue weighted by Crippen LogP contribution is 2.40. The average molecular weight is 225 g/mol. The first kappa shape index (κ1) is 11.0. The quantitative estimate of drug-likeness (QED) is 0.854. The van der Waals surface area contributed by atoms with Crippen molar-refractivity contribution in [3.8, 4) is 5.75 Å². The maximum atomic E-state index is 5.42. The highest BCUT2D eigenvalue weighted by Gasteiger charge is 2.27. The topological polar surface area (TPSA) is 21.3 Å². The van der Waals surface area contributed by atoms with Gasteiger partial charge in [-0.1, -0.05) is 13.3 Å². The third-order valence-corrected chi connectivity index (χ3v) is 4.38. The molecule has 2 heterocycles. The SMILES string of the molecule is CCC1CNCCC1c1sccc1OC. The molecular weight excluding hydrogens is 206 g/mol. The van der Waals surface area contributed by atoms with Gasteiger partial charge in [0.15, 0.2) is 0 Å². The van der Waals surface area contributed by atoms with Gasteiger partial charge in [0.05, 0.1) is 7.11 Å². The Labute approximate surface area is 95.6 Å². The van der Waals surface area contributed by atoms with Crippen molar-refractivity contribution in [2.75, 3.05) is 20.2 Å². The molecule has 0 aliphatic carbocycles. The summed E-state index contributed by atoms with van der Waals surface area (Å²) in [6, 6.07) is 2.09. The zero-order valence-corrected chi connectivity index (χ0v) is 10.3. The molecule has 3 heteroatoms. The van der Waals surface area contributed by atoms with Crippen LogP contribution in [0.25, 0.3) is 0 Å². The molecule has 84 valence electrons. The Morgan fingerprint density at radius 3 is 3.20 bits per heavy atom. The Hall–Kier alpha value is -0.540. The lowest BCUT2D eigenvalue weighted by atomic mass is 9.83. The van der Waals surface area contributed by atoms with Crippen LogP contribution in [0.4, 0.5) is 0 Å². The second-order valence-electron chi connectivity index (χ2n) is 4.12. The molecule has 2 nitrogen and oxygen atoms in total. The first-order valence-corrected chi connectivity index (χ1v) is 6.56. The van der Waals surface area contributed by atoms with E-state index in [1.165, 1.54) is 17.7 Å². The van der Waals surface area contributed by atoms with Gasteiger partial charge in [-0.05, 0) is 36.9 Å². The molecule has 1 saturated heterocycles. The second kappa shape index (κ2) is 4.99. The molecule has 1 N–H and O–H groups in total. The fourth-order valence-electron chi connectivity index (χ4n) is 2.45. The van der Waals surface area contributed by atoms with E-state index in [1.807, 2.05) is 11.3 Å². The lowest BCUT2D eigenvalue weighted by Crippen LogP contribution is -2.34. The number of thiophene rings is 1. The highest BCUT2D eigenvalue weighted by molar-refractivity contribution is 7.10. The molecule has 0 amide bonds. The predicted octanol–water partition coefficient (Wildman–Crippen LogP) is 2.86. The van der Waals surface area contributed by atoms with Gasteiger partial charge < -0.3 is 10.1 Å².